The SMILES string of the molecule is C=C(C)NC(CCCCC)=C(C)C. The molecule has 0 amide bonds. The second kappa shape index (κ2) is 6.76. The highest BCUT2D eigenvalue weighted by atomic mass is 14.9. The maximum Gasteiger partial charge on any atom is 0.0134 e. The predicted molar refractivity (Wildman–Crippen MR) is 60.5 cm³/mol. The van der Waals surface area contributed by atoms with Crippen LogP contribution in [0, 0.1) is 0 Å². The van der Waals surface area contributed by atoms with Crippen LogP contribution in [0.2, 0.25) is 0 Å². The van der Waals surface area contributed by atoms with Crippen LogP contribution >= 0.6 is 0 Å². The van der Waals surface area contributed by atoms with Crippen molar-refractivity contribution in [3.8, 4) is 0 Å². The van der Waals surface area contributed by atoms with Crippen molar-refractivity contribution < 1.29 is 0 Å². The molecule has 0 saturated heterocycles. The summed E-state index contributed by atoms with van der Waals surface area (Å²) in [4.78, 5) is 0. The molecule has 0 aliphatic heterocycles. The Kier molecular flexibility index (Phi) is 6.38. The fourth-order valence-corrected chi connectivity index (χ4v) is 1.25. The summed E-state index contributed by atoms with van der Waals surface area (Å²) in [5.74, 6) is 0. The Morgan fingerprint density at radius 2 is 1.77 bits per heavy atom. The Hall–Kier alpha value is -0.720. The third-order valence-corrected chi connectivity index (χ3v) is 2.00. The fraction of sp³-hybridized carbons (Fsp3) is 0.667. The van der Waals surface area contributed by atoms with E-state index < -0.39 is 0 Å². The van der Waals surface area contributed by atoms with Gasteiger partial charge in [0.15, 0.2) is 0 Å². The summed E-state index contributed by atoms with van der Waals surface area (Å²) in [6.07, 6.45) is 5.03. The molecular weight excluding hydrogens is 158 g/mol. The van der Waals surface area contributed by atoms with Crippen molar-refractivity contribution in [1.29, 1.82) is 0 Å². The lowest BCUT2D eigenvalue weighted by molar-refractivity contribution is 0.685. The van der Waals surface area contributed by atoms with Crippen LogP contribution in [0.3, 0.4) is 0 Å². The van der Waals surface area contributed by atoms with E-state index in [0.29, 0.717) is 0 Å². The van der Waals surface area contributed by atoms with Crippen molar-refractivity contribution in [3.05, 3.63) is 23.5 Å². The van der Waals surface area contributed by atoms with E-state index in [0.717, 1.165) is 12.1 Å². The highest BCUT2D eigenvalue weighted by Gasteiger charge is 1.98. The lowest BCUT2D eigenvalue weighted by Gasteiger charge is -2.12. The van der Waals surface area contributed by atoms with Crippen molar-refractivity contribution in [3.63, 3.8) is 0 Å². The van der Waals surface area contributed by atoms with Gasteiger partial charge in [-0.2, -0.15) is 0 Å². The molecule has 0 aromatic rings. The van der Waals surface area contributed by atoms with E-state index in [1.54, 1.807) is 0 Å². The Balaban J connectivity index is 3.98. The molecule has 0 aliphatic carbocycles. The van der Waals surface area contributed by atoms with E-state index in [-0.39, 0.29) is 0 Å². The highest BCUT2D eigenvalue weighted by Crippen LogP contribution is 2.11. The molecule has 0 unspecified atom stereocenters. The highest BCUT2D eigenvalue weighted by molar-refractivity contribution is 5.12. The van der Waals surface area contributed by atoms with Crippen molar-refractivity contribution >= 4 is 0 Å². The van der Waals surface area contributed by atoms with E-state index in [1.165, 1.54) is 30.5 Å². The zero-order valence-electron chi connectivity index (χ0n) is 9.54. The van der Waals surface area contributed by atoms with Gasteiger partial charge in [0.05, 0.1) is 0 Å². The van der Waals surface area contributed by atoms with Crippen LogP contribution in [0.1, 0.15) is 53.4 Å². The molecule has 1 N–H and O–H groups in total. The average Bonchev–Trinajstić information content (AvgIpc) is 2.02. The summed E-state index contributed by atoms with van der Waals surface area (Å²) in [6.45, 7) is 12.4. The standard InChI is InChI=1S/C12H23N/c1-6-7-8-9-12(10(2)3)13-11(4)5/h13H,4,6-9H2,1-3,5H3. The van der Waals surface area contributed by atoms with Crippen LogP contribution in [0.15, 0.2) is 23.5 Å². The molecule has 1 heteroatoms. The average molecular weight is 181 g/mol. The van der Waals surface area contributed by atoms with Gasteiger partial charge in [0.2, 0.25) is 0 Å². The third kappa shape index (κ3) is 6.44. The van der Waals surface area contributed by atoms with Crippen molar-refractivity contribution in [1.82, 2.24) is 5.32 Å². The molecule has 0 aromatic carbocycles. The largest absolute Gasteiger partial charge is 0.363 e. The van der Waals surface area contributed by atoms with E-state index >= 15 is 0 Å². The minimum Gasteiger partial charge on any atom is -0.363 e. The Morgan fingerprint density at radius 3 is 2.15 bits per heavy atom. The molecule has 0 saturated carbocycles. The molecule has 0 atom stereocenters. The predicted octanol–water partition coefficient (Wildman–Crippen LogP) is 3.98. The Bertz CT molecular complexity index is 185. The van der Waals surface area contributed by atoms with Gasteiger partial charge in [-0.05, 0) is 33.6 Å². The van der Waals surface area contributed by atoms with E-state index in [1.807, 2.05) is 6.92 Å². The fourth-order valence-electron chi connectivity index (χ4n) is 1.25. The smallest absolute Gasteiger partial charge is 0.0134 e. The zero-order chi connectivity index (χ0) is 10.3. The van der Waals surface area contributed by atoms with Crippen molar-refractivity contribution in [2.75, 3.05) is 0 Å². The summed E-state index contributed by atoms with van der Waals surface area (Å²) in [7, 11) is 0. The zero-order valence-corrected chi connectivity index (χ0v) is 9.54. The molecule has 0 aliphatic rings. The molecule has 76 valence electrons. The van der Waals surface area contributed by atoms with Crippen molar-refractivity contribution in [2.24, 2.45) is 0 Å². The quantitative estimate of drug-likeness (QED) is 0.611. The minimum absolute atomic E-state index is 1.03. The number of allylic oxidation sites excluding steroid dienone is 3. The molecule has 0 spiro atoms. The molecule has 0 aromatic heterocycles. The second-order valence-corrected chi connectivity index (χ2v) is 3.84. The lowest BCUT2D eigenvalue weighted by Crippen LogP contribution is -2.11. The summed E-state index contributed by atoms with van der Waals surface area (Å²) in [5.41, 5.74) is 3.76. The number of rotatable bonds is 6. The van der Waals surface area contributed by atoms with Crippen LogP contribution in [0.25, 0.3) is 0 Å². The molecular formula is C12H23N. The van der Waals surface area contributed by atoms with Crippen LogP contribution in [-0.2, 0) is 0 Å². The maximum absolute atomic E-state index is 3.86. The van der Waals surface area contributed by atoms with E-state index in [2.05, 4.69) is 32.7 Å². The van der Waals surface area contributed by atoms with Gasteiger partial charge in [0, 0.05) is 11.4 Å². The third-order valence-electron chi connectivity index (χ3n) is 2.00. The second-order valence-electron chi connectivity index (χ2n) is 3.84. The molecule has 0 fully saturated rings. The van der Waals surface area contributed by atoms with Crippen molar-refractivity contribution in [2.45, 2.75) is 53.4 Å². The van der Waals surface area contributed by atoms with Gasteiger partial charge in [0.1, 0.15) is 0 Å². The topological polar surface area (TPSA) is 12.0 Å². The van der Waals surface area contributed by atoms with Crippen LogP contribution in [0.4, 0.5) is 0 Å². The van der Waals surface area contributed by atoms with Crippen LogP contribution in [-0.4, -0.2) is 0 Å². The van der Waals surface area contributed by atoms with Crippen LogP contribution in [0.5, 0.6) is 0 Å². The number of unbranched alkanes of at least 4 members (excludes halogenated alkanes) is 2. The normalized spacial score (nSPS) is 9.54. The summed E-state index contributed by atoms with van der Waals surface area (Å²) in [5, 5.41) is 3.32. The number of nitrogens with one attached hydrogen (secondary N) is 1. The van der Waals surface area contributed by atoms with Gasteiger partial charge < -0.3 is 5.32 Å². The number of hydrogen-bond acceptors (Lipinski definition) is 1. The molecule has 13 heavy (non-hydrogen) atoms. The molecule has 1 nitrogen and oxygen atoms in total. The van der Waals surface area contributed by atoms with E-state index in [4.69, 9.17) is 0 Å². The van der Waals surface area contributed by atoms with Gasteiger partial charge in [-0.3, -0.25) is 0 Å². The number of hydrogen-bond donors (Lipinski definition) is 1. The first-order valence-corrected chi connectivity index (χ1v) is 5.16. The molecule has 0 heterocycles. The molecule has 0 bridgehead atoms. The summed E-state index contributed by atoms with van der Waals surface area (Å²) >= 11 is 0. The first-order valence-electron chi connectivity index (χ1n) is 5.16. The van der Waals surface area contributed by atoms with Gasteiger partial charge in [0.25, 0.3) is 0 Å². The summed E-state index contributed by atoms with van der Waals surface area (Å²) < 4.78 is 0. The molecule has 0 rings (SSSR count). The summed E-state index contributed by atoms with van der Waals surface area (Å²) in [6, 6.07) is 0. The van der Waals surface area contributed by atoms with Gasteiger partial charge >= 0.3 is 0 Å². The Labute approximate surface area is 82.9 Å². The lowest BCUT2D eigenvalue weighted by atomic mass is 10.1. The maximum atomic E-state index is 3.86. The van der Waals surface area contributed by atoms with Gasteiger partial charge in [-0.1, -0.05) is 31.9 Å². The first-order chi connectivity index (χ1) is 6.07. The molecule has 0 radical (unpaired) electrons. The minimum atomic E-state index is 1.03. The van der Waals surface area contributed by atoms with Gasteiger partial charge in [-0.15, -0.1) is 0 Å². The first kappa shape index (κ1) is 12.3. The Morgan fingerprint density at radius 1 is 1.15 bits per heavy atom. The monoisotopic (exact) mass is 181 g/mol. The van der Waals surface area contributed by atoms with Gasteiger partial charge in [-0.25, -0.2) is 0 Å². The van der Waals surface area contributed by atoms with Crippen LogP contribution < -0.4 is 5.32 Å². The van der Waals surface area contributed by atoms with E-state index in [9.17, 15) is 0 Å².